The van der Waals surface area contributed by atoms with Crippen molar-refractivity contribution in [1.82, 2.24) is 10.6 Å². The van der Waals surface area contributed by atoms with Crippen LogP contribution in [-0.2, 0) is 20.8 Å². The second-order valence-corrected chi connectivity index (χ2v) is 6.55. The number of hydrogen-bond acceptors (Lipinski definition) is 7. The van der Waals surface area contributed by atoms with Crippen molar-refractivity contribution in [3.63, 3.8) is 0 Å². The molecule has 0 unspecified atom stereocenters. The maximum absolute atomic E-state index is 12.7. The molecule has 0 saturated heterocycles. The highest BCUT2D eigenvalue weighted by molar-refractivity contribution is 5.91. The zero-order valence-corrected chi connectivity index (χ0v) is 17.1. The Balaban J connectivity index is 1.98. The van der Waals surface area contributed by atoms with E-state index in [1.807, 2.05) is 30.3 Å². The molecular weight excluding hydrogens is 388 g/mol. The Bertz CT molecular complexity index is 942. The fourth-order valence-corrected chi connectivity index (χ4v) is 3.11. The van der Waals surface area contributed by atoms with Crippen LogP contribution in [0.5, 0.6) is 11.5 Å². The lowest BCUT2D eigenvalue weighted by Crippen LogP contribution is -2.34. The van der Waals surface area contributed by atoms with E-state index >= 15 is 0 Å². The molecule has 8 nitrogen and oxygen atoms in total. The molecule has 0 aliphatic carbocycles. The van der Waals surface area contributed by atoms with Gasteiger partial charge in [0.2, 0.25) is 6.79 Å². The number of amides is 1. The number of rotatable bonds is 7. The molecule has 158 valence electrons. The molecule has 2 aromatic carbocycles. The van der Waals surface area contributed by atoms with Crippen molar-refractivity contribution in [1.29, 1.82) is 0 Å². The first-order valence-electron chi connectivity index (χ1n) is 9.34. The zero-order chi connectivity index (χ0) is 21.5. The van der Waals surface area contributed by atoms with Crippen LogP contribution in [0.1, 0.15) is 24.1 Å². The van der Waals surface area contributed by atoms with Gasteiger partial charge in [-0.1, -0.05) is 36.4 Å². The number of hydrogen-bond donors (Lipinski definition) is 2. The minimum Gasteiger partial charge on any atom is -0.466 e. The van der Waals surface area contributed by atoms with Crippen molar-refractivity contribution in [2.24, 2.45) is 0 Å². The molecule has 0 spiro atoms. The van der Waals surface area contributed by atoms with Crippen LogP contribution < -0.4 is 20.1 Å². The van der Waals surface area contributed by atoms with Gasteiger partial charge in [-0.05, 0) is 30.2 Å². The number of allylic oxidation sites excluding steroid dienone is 1. The van der Waals surface area contributed by atoms with E-state index in [4.69, 9.17) is 18.9 Å². The van der Waals surface area contributed by atoms with E-state index in [1.54, 1.807) is 25.1 Å². The number of methoxy groups -OCH3 is 2. The topological polar surface area (TPSA) is 95.1 Å². The molecule has 2 N–H and O–H groups in total. The number of fused-ring (bicyclic) bond motifs is 1. The third-order valence-electron chi connectivity index (χ3n) is 4.68. The highest BCUT2D eigenvalue weighted by Gasteiger charge is 2.29. The number of ether oxygens (including phenoxy) is 4. The van der Waals surface area contributed by atoms with Gasteiger partial charge in [0.25, 0.3) is 0 Å². The summed E-state index contributed by atoms with van der Waals surface area (Å²) in [5.74, 6) is 0.550. The molecule has 3 rings (SSSR count). The largest absolute Gasteiger partial charge is 0.466 e. The fraction of sp³-hybridized carbons (Fsp3) is 0.273. The summed E-state index contributed by atoms with van der Waals surface area (Å²) in [4.78, 5) is 24.8. The molecule has 1 heterocycles. The first-order chi connectivity index (χ1) is 14.5. The van der Waals surface area contributed by atoms with Crippen LogP contribution in [0.4, 0.5) is 4.79 Å². The Hall–Kier alpha value is -3.68. The van der Waals surface area contributed by atoms with Gasteiger partial charge in [-0.3, -0.25) is 0 Å². The van der Waals surface area contributed by atoms with Crippen LogP contribution in [-0.4, -0.2) is 33.1 Å². The van der Waals surface area contributed by atoms with Gasteiger partial charge >= 0.3 is 12.1 Å². The van der Waals surface area contributed by atoms with Crippen LogP contribution in [0.3, 0.4) is 0 Å². The fourth-order valence-electron chi connectivity index (χ4n) is 3.11. The highest BCUT2D eigenvalue weighted by atomic mass is 16.7. The van der Waals surface area contributed by atoms with Crippen molar-refractivity contribution in [2.45, 2.75) is 19.5 Å². The third-order valence-corrected chi connectivity index (χ3v) is 4.68. The van der Waals surface area contributed by atoms with Crippen LogP contribution in [0, 0.1) is 0 Å². The van der Waals surface area contributed by atoms with Gasteiger partial charge < -0.3 is 29.6 Å². The summed E-state index contributed by atoms with van der Waals surface area (Å²) in [6.45, 7) is 2.37. The average molecular weight is 412 g/mol. The molecule has 0 bridgehead atoms. The number of alkyl carbamates (subject to hydrolysis) is 1. The lowest BCUT2D eigenvalue weighted by atomic mass is 9.96. The zero-order valence-electron chi connectivity index (χ0n) is 17.1. The normalized spacial score (nSPS) is 13.7. The summed E-state index contributed by atoms with van der Waals surface area (Å²) in [5.41, 5.74) is 2.47. The smallest absolute Gasteiger partial charge is 0.407 e. The van der Waals surface area contributed by atoms with Gasteiger partial charge in [-0.15, -0.1) is 0 Å². The third kappa shape index (κ3) is 4.83. The van der Waals surface area contributed by atoms with Gasteiger partial charge in [0.05, 0.1) is 25.8 Å². The Kier molecular flexibility index (Phi) is 6.79. The van der Waals surface area contributed by atoms with Crippen LogP contribution in [0.2, 0.25) is 0 Å². The molecule has 0 saturated carbocycles. The summed E-state index contributed by atoms with van der Waals surface area (Å²) in [7, 11) is 2.55. The molecule has 1 atom stereocenters. The summed E-state index contributed by atoms with van der Waals surface area (Å²) >= 11 is 0. The number of carbonyl (C=O) groups excluding carboxylic acids is 2. The lowest BCUT2D eigenvalue weighted by Gasteiger charge is -2.23. The highest BCUT2D eigenvalue weighted by Crippen LogP contribution is 2.36. The molecule has 8 heteroatoms. The first kappa shape index (κ1) is 21.0. The van der Waals surface area contributed by atoms with Gasteiger partial charge in [-0.2, -0.15) is 0 Å². The van der Waals surface area contributed by atoms with Crippen LogP contribution in [0.25, 0.3) is 0 Å². The molecular formula is C22H24N2O6. The van der Waals surface area contributed by atoms with Crippen molar-refractivity contribution < 1.29 is 28.5 Å². The Labute approximate surface area is 174 Å². The van der Waals surface area contributed by atoms with E-state index in [0.717, 1.165) is 5.56 Å². The van der Waals surface area contributed by atoms with Crippen molar-refractivity contribution >= 4 is 12.1 Å². The van der Waals surface area contributed by atoms with E-state index in [-0.39, 0.29) is 12.4 Å². The molecule has 1 aliphatic heterocycles. The van der Waals surface area contributed by atoms with Crippen molar-refractivity contribution in [3.8, 4) is 11.5 Å². The second kappa shape index (κ2) is 9.69. The number of carbonyl (C=O) groups is 2. The molecule has 2 aromatic rings. The summed E-state index contributed by atoms with van der Waals surface area (Å²) in [6, 6.07) is 14.1. The van der Waals surface area contributed by atoms with E-state index in [2.05, 4.69) is 10.6 Å². The molecule has 1 aliphatic rings. The first-order valence-corrected chi connectivity index (χ1v) is 9.34. The van der Waals surface area contributed by atoms with E-state index in [1.165, 1.54) is 14.2 Å². The quantitative estimate of drug-likeness (QED) is 0.533. The molecule has 1 amide bonds. The van der Waals surface area contributed by atoms with Gasteiger partial charge in [0.15, 0.2) is 11.5 Å². The second-order valence-electron chi connectivity index (χ2n) is 6.55. The predicted octanol–water partition coefficient (Wildman–Crippen LogP) is 3.05. The van der Waals surface area contributed by atoms with Crippen LogP contribution >= 0.6 is 0 Å². The van der Waals surface area contributed by atoms with E-state index in [0.29, 0.717) is 29.3 Å². The minimum atomic E-state index is -0.831. The van der Waals surface area contributed by atoms with Crippen molar-refractivity contribution in [3.05, 3.63) is 70.9 Å². The molecule has 0 aromatic heterocycles. The Morgan fingerprint density at radius 2 is 1.77 bits per heavy atom. The van der Waals surface area contributed by atoms with Crippen molar-refractivity contribution in [2.75, 3.05) is 21.0 Å². The maximum Gasteiger partial charge on any atom is 0.407 e. The van der Waals surface area contributed by atoms with E-state index in [9.17, 15) is 9.59 Å². The molecule has 30 heavy (non-hydrogen) atoms. The van der Waals surface area contributed by atoms with Gasteiger partial charge in [-0.25, -0.2) is 9.59 Å². The summed E-state index contributed by atoms with van der Waals surface area (Å²) in [5, 5.41) is 5.95. The summed E-state index contributed by atoms with van der Waals surface area (Å²) < 4.78 is 20.6. The summed E-state index contributed by atoms with van der Waals surface area (Å²) in [6.07, 6.45) is -0.685. The SMILES string of the molecule is COC(=O)N[C@H](/C(C(=O)OC)=C(\C)NCc1ccccc1)c1ccc2c(c1)OCO2. The van der Waals surface area contributed by atoms with Crippen LogP contribution in [0.15, 0.2) is 59.8 Å². The molecule has 0 radical (unpaired) electrons. The minimum absolute atomic E-state index is 0.116. The monoisotopic (exact) mass is 412 g/mol. The number of benzene rings is 2. The van der Waals surface area contributed by atoms with Gasteiger partial charge in [0, 0.05) is 12.2 Å². The number of nitrogens with one attached hydrogen (secondary N) is 2. The standard InChI is InChI=1S/C22H24N2O6/c1-14(23-12-15-7-5-4-6-8-15)19(21(25)27-2)20(24-22(26)28-3)16-9-10-17-18(11-16)30-13-29-17/h4-11,20,23H,12-13H2,1-3H3,(H,24,26)/b19-14-/t20-/m0/s1. The predicted molar refractivity (Wildman–Crippen MR) is 109 cm³/mol. The molecule has 0 fully saturated rings. The van der Waals surface area contributed by atoms with E-state index < -0.39 is 18.1 Å². The number of esters is 1. The average Bonchev–Trinajstić information content (AvgIpc) is 3.25. The maximum atomic E-state index is 12.7. The Morgan fingerprint density at radius 1 is 1.03 bits per heavy atom. The lowest BCUT2D eigenvalue weighted by molar-refractivity contribution is -0.136. The van der Waals surface area contributed by atoms with Gasteiger partial charge in [0.1, 0.15) is 0 Å². The Morgan fingerprint density at radius 3 is 2.47 bits per heavy atom.